The molecular weight excluding hydrogens is 555 g/mol. The fraction of sp³-hybridized carbons (Fsp3) is 0.233. The van der Waals surface area contributed by atoms with E-state index in [0.717, 1.165) is 18.7 Å². The summed E-state index contributed by atoms with van der Waals surface area (Å²) in [7, 11) is 2.01. The number of piperazine rings is 1. The molecular formula is C30H25ClF3N5O2. The molecule has 0 saturated carbocycles. The standard InChI is InChI=1S/C30H25ClF3N5O2/c1-37-9-11-38(12-10-37)27-15-26-20(14-25(27)34)29(40)22(17-39(26)16-21-23(31)3-2-4-24(21)33)30-35-28(41-36-30)13-18-5-7-19(32)8-6-18/h2-8,14-15,17H,9-13,16H2,1H3. The van der Waals surface area contributed by atoms with E-state index >= 15 is 4.39 Å². The van der Waals surface area contributed by atoms with E-state index in [2.05, 4.69) is 15.0 Å². The van der Waals surface area contributed by atoms with Crippen LogP contribution in [0.25, 0.3) is 22.3 Å². The molecule has 1 aliphatic heterocycles. The van der Waals surface area contributed by atoms with Crippen LogP contribution in [0.2, 0.25) is 5.02 Å². The number of nitrogens with zero attached hydrogens (tertiary/aromatic N) is 5. The maximum Gasteiger partial charge on any atom is 0.231 e. The lowest BCUT2D eigenvalue weighted by molar-refractivity contribution is 0.312. The Morgan fingerprint density at radius 3 is 2.46 bits per heavy atom. The summed E-state index contributed by atoms with van der Waals surface area (Å²) < 4.78 is 50.7. The van der Waals surface area contributed by atoms with E-state index in [1.54, 1.807) is 28.8 Å². The van der Waals surface area contributed by atoms with Crippen molar-refractivity contribution in [2.75, 3.05) is 38.1 Å². The number of fused-ring (bicyclic) bond motifs is 1. The van der Waals surface area contributed by atoms with Gasteiger partial charge in [0, 0.05) is 48.3 Å². The normalized spacial score (nSPS) is 14.2. The predicted molar refractivity (Wildman–Crippen MR) is 151 cm³/mol. The quantitative estimate of drug-likeness (QED) is 0.264. The van der Waals surface area contributed by atoms with Crippen LogP contribution in [-0.2, 0) is 13.0 Å². The van der Waals surface area contributed by atoms with Crippen LogP contribution in [0.3, 0.4) is 0 Å². The van der Waals surface area contributed by atoms with Crippen LogP contribution in [0.4, 0.5) is 18.9 Å². The van der Waals surface area contributed by atoms with Crippen LogP contribution in [0.5, 0.6) is 0 Å². The number of benzene rings is 3. The molecule has 11 heteroatoms. The molecule has 210 valence electrons. The molecule has 3 aromatic carbocycles. The van der Waals surface area contributed by atoms with E-state index in [-0.39, 0.29) is 52.0 Å². The largest absolute Gasteiger partial charge is 0.367 e. The first kappa shape index (κ1) is 27.0. The van der Waals surface area contributed by atoms with Crippen LogP contribution in [0.1, 0.15) is 17.0 Å². The Morgan fingerprint density at radius 2 is 1.73 bits per heavy atom. The van der Waals surface area contributed by atoms with Gasteiger partial charge in [-0.3, -0.25) is 4.79 Å². The molecule has 0 spiro atoms. The van der Waals surface area contributed by atoms with Crippen LogP contribution in [-0.4, -0.2) is 52.8 Å². The number of hydrogen-bond acceptors (Lipinski definition) is 6. The molecule has 1 fully saturated rings. The second-order valence-electron chi connectivity index (χ2n) is 10.1. The Bertz CT molecular complexity index is 1780. The molecule has 0 aliphatic carbocycles. The van der Waals surface area contributed by atoms with E-state index in [1.165, 1.54) is 36.5 Å². The predicted octanol–water partition coefficient (Wildman–Crippen LogP) is 5.51. The summed E-state index contributed by atoms with van der Waals surface area (Å²) >= 11 is 6.35. The van der Waals surface area contributed by atoms with Crippen molar-refractivity contribution in [1.82, 2.24) is 19.6 Å². The van der Waals surface area contributed by atoms with Crippen LogP contribution < -0.4 is 10.3 Å². The van der Waals surface area contributed by atoms with Crippen molar-refractivity contribution < 1.29 is 17.7 Å². The van der Waals surface area contributed by atoms with E-state index in [0.29, 0.717) is 24.3 Å². The molecule has 5 aromatic rings. The zero-order valence-corrected chi connectivity index (χ0v) is 22.8. The third-order valence-electron chi connectivity index (χ3n) is 7.36. The van der Waals surface area contributed by atoms with Crippen molar-refractivity contribution in [2.45, 2.75) is 13.0 Å². The highest BCUT2D eigenvalue weighted by atomic mass is 35.5. The van der Waals surface area contributed by atoms with Gasteiger partial charge in [0.2, 0.25) is 17.1 Å². The van der Waals surface area contributed by atoms with Gasteiger partial charge in [-0.05, 0) is 49.0 Å². The summed E-state index contributed by atoms with van der Waals surface area (Å²) in [5.41, 5.74) is 1.32. The molecule has 41 heavy (non-hydrogen) atoms. The SMILES string of the molecule is CN1CCN(c2cc3c(cc2F)c(=O)c(-c2noc(Cc4ccc(F)cc4)n2)cn3Cc2c(F)cccc2Cl)CC1. The molecule has 0 atom stereocenters. The molecule has 6 rings (SSSR count). The molecule has 2 aromatic heterocycles. The fourth-order valence-corrected chi connectivity index (χ4v) is 5.27. The minimum absolute atomic E-state index is 0.00550. The van der Waals surface area contributed by atoms with Gasteiger partial charge < -0.3 is 18.9 Å². The lowest BCUT2D eigenvalue weighted by Gasteiger charge is -2.34. The van der Waals surface area contributed by atoms with Gasteiger partial charge in [-0.2, -0.15) is 4.98 Å². The van der Waals surface area contributed by atoms with Gasteiger partial charge in [0.1, 0.15) is 17.5 Å². The smallest absolute Gasteiger partial charge is 0.231 e. The highest BCUT2D eigenvalue weighted by Gasteiger charge is 2.23. The molecule has 0 unspecified atom stereocenters. The summed E-state index contributed by atoms with van der Waals surface area (Å²) in [5, 5.41) is 4.31. The highest BCUT2D eigenvalue weighted by Crippen LogP contribution is 2.29. The van der Waals surface area contributed by atoms with Crippen LogP contribution in [0, 0.1) is 17.5 Å². The Kier molecular flexibility index (Phi) is 7.27. The Labute approximate surface area is 238 Å². The number of aromatic nitrogens is 3. The second-order valence-corrected chi connectivity index (χ2v) is 10.5. The number of halogens is 4. The zero-order chi connectivity index (χ0) is 28.7. The Hall–Kier alpha value is -4.15. The molecule has 0 amide bonds. The molecule has 7 nitrogen and oxygen atoms in total. The Morgan fingerprint density at radius 1 is 0.976 bits per heavy atom. The minimum atomic E-state index is -0.531. The van der Waals surface area contributed by atoms with Gasteiger partial charge >= 0.3 is 0 Å². The maximum absolute atomic E-state index is 15.5. The topological polar surface area (TPSA) is 67.4 Å². The number of rotatable bonds is 6. The summed E-state index contributed by atoms with van der Waals surface area (Å²) in [6, 6.07) is 13.1. The van der Waals surface area contributed by atoms with Crippen molar-refractivity contribution in [1.29, 1.82) is 0 Å². The first-order valence-electron chi connectivity index (χ1n) is 13.1. The molecule has 3 heterocycles. The summed E-state index contributed by atoms with van der Waals surface area (Å²) in [6.45, 7) is 2.77. The van der Waals surface area contributed by atoms with Crippen molar-refractivity contribution in [3.63, 3.8) is 0 Å². The third kappa shape index (κ3) is 5.45. The summed E-state index contributed by atoms with van der Waals surface area (Å²) in [4.78, 5) is 22.2. The van der Waals surface area contributed by atoms with E-state index < -0.39 is 17.1 Å². The second kappa shape index (κ2) is 11.0. The van der Waals surface area contributed by atoms with Crippen molar-refractivity contribution >= 4 is 28.2 Å². The molecule has 1 saturated heterocycles. The van der Waals surface area contributed by atoms with Gasteiger partial charge in [0.05, 0.1) is 29.7 Å². The summed E-state index contributed by atoms with van der Waals surface area (Å²) in [5.74, 6) is -1.18. The van der Waals surface area contributed by atoms with Crippen LogP contribution in [0.15, 0.2) is 70.1 Å². The molecule has 0 bridgehead atoms. The highest BCUT2D eigenvalue weighted by molar-refractivity contribution is 6.31. The van der Waals surface area contributed by atoms with Crippen molar-refractivity contribution in [3.8, 4) is 11.4 Å². The lowest BCUT2D eigenvalue weighted by atomic mass is 10.1. The number of anilines is 1. The lowest BCUT2D eigenvalue weighted by Crippen LogP contribution is -2.44. The first-order valence-corrected chi connectivity index (χ1v) is 13.4. The van der Waals surface area contributed by atoms with E-state index in [1.807, 2.05) is 11.9 Å². The Balaban J connectivity index is 1.47. The average Bonchev–Trinajstić information content (AvgIpc) is 3.42. The molecule has 1 aliphatic rings. The fourth-order valence-electron chi connectivity index (χ4n) is 5.05. The average molecular weight is 580 g/mol. The van der Waals surface area contributed by atoms with Gasteiger partial charge in [-0.1, -0.05) is 35.0 Å². The maximum atomic E-state index is 15.5. The van der Waals surface area contributed by atoms with Gasteiger partial charge in [-0.25, -0.2) is 13.2 Å². The van der Waals surface area contributed by atoms with Crippen molar-refractivity contribution in [2.24, 2.45) is 0 Å². The monoisotopic (exact) mass is 579 g/mol. The molecule has 0 N–H and O–H groups in total. The van der Waals surface area contributed by atoms with E-state index in [4.69, 9.17) is 16.1 Å². The first-order chi connectivity index (χ1) is 19.8. The molecule has 0 radical (unpaired) electrons. The van der Waals surface area contributed by atoms with Gasteiger partial charge in [0.15, 0.2) is 0 Å². The third-order valence-corrected chi connectivity index (χ3v) is 7.71. The zero-order valence-electron chi connectivity index (χ0n) is 22.1. The van der Waals surface area contributed by atoms with E-state index in [9.17, 15) is 13.6 Å². The minimum Gasteiger partial charge on any atom is -0.367 e. The van der Waals surface area contributed by atoms with Gasteiger partial charge in [-0.15, -0.1) is 0 Å². The number of likely N-dealkylation sites (N-methyl/N-ethyl adjacent to an activating group) is 1. The van der Waals surface area contributed by atoms with Crippen LogP contribution >= 0.6 is 11.6 Å². The van der Waals surface area contributed by atoms with Crippen molar-refractivity contribution in [3.05, 3.63) is 111 Å². The van der Waals surface area contributed by atoms with Gasteiger partial charge in [0.25, 0.3) is 0 Å². The number of hydrogen-bond donors (Lipinski definition) is 0. The number of pyridine rings is 1. The summed E-state index contributed by atoms with van der Waals surface area (Å²) in [6.07, 6.45) is 1.74.